The first-order valence-electron chi connectivity index (χ1n) is 6.88. The van der Waals surface area contributed by atoms with Crippen molar-refractivity contribution in [3.05, 3.63) is 51.1 Å². The third-order valence-corrected chi connectivity index (χ3v) is 3.49. The predicted octanol–water partition coefficient (Wildman–Crippen LogP) is 3.40. The van der Waals surface area contributed by atoms with Crippen LogP contribution in [0.15, 0.2) is 29.3 Å². The average Bonchev–Trinajstić information content (AvgIpc) is 2.95. The molecule has 7 nitrogen and oxygen atoms in total. The van der Waals surface area contributed by atoms with E-state index in [1.54, 1.807) is 13.0 Å². The number of phenolic OH excluding ortho intramolecular Hbond substituents is 1. The van der Waals surface area contributed by atoms with Crippen molar-refractivity contribution in [2.45, 2.75) is 13.8 Å². The Morgan fingerprint density at radius 1 is 1.22 bits per heavy atom. The summed E-state index contributed by atoms with van der Waals surface area (Å²) in [5.74, 6) is 0.819. The molecular formula is C16H14N2O5. The summed E-state index contributed by atoms with van der Waals surface area (Å²) < 4.78 is 10.4. The number of nitrogens with zero attached hydrogens (tertiary/aromatic N) is 2. The van der Waals surface area contributed by atoms with Gasteiger partial charge in [0.15, 0.2) is 11.5 Å². The standard InChI is InChI=1S/C16H14N2O5/c1-9-3-10(2)16(19)12(4-9)17-7-11-5-14-15(23-8-22-14)6-13(11)18(20)21/h3-7,19H,8H2,1-2H3. The summed E-state index contributed by atoms with van der Waals surface area (Å²) in [5, 5.41) is 21.2. The van der Waals surface area contributed by atoms with Crippen LogP contribution < -0.4 is 9.47 Å². The molecule has 0 unspecified atom stereocenters. The second kappa shape index (κ2) is 5.60. The molecule has 23 heavy (non-hydrogen) atoms. The van der Waals surface area contributed by atoms with E-state index in [9.17, 15) is 15.2 Å². The molecule has 0 spiro atoms. The maximum absolute atomic E-state index is 11.2. The number of aromatic hydroxyl groups is 1. The van der Waals surface area contributed by atoms with E-state index in [-0.39, 0.29) is 23.8 Å². The Bertz CT molecular complexity index is 830. The number of nitro groups is 1. The fraction of sp³-hybridized carbons (Fsp3) is 0.188. The number of ether oxygens (including phenoxy) is 2. The number of aryl methyl sites for hydroxylation is 2. The summed E-state index contributed by atoms with van der Waals surface area (Å²) in [5.41, 5.74) is 2.12. The number of phenols is 1. The molecular weight excluding hydrogens is 300 g/mol. The third-order valence-electron chi connectivity index (χ3n) is 3.49. The van der Waals surface area contributed by atoms with Crippen LogP contribution in [-0.4, -0.2) is 23.0 Å². The normalized spacial score (nSPS) is 12.8. The van der Waals surface area contributed by atoms with Gasteiger partial charge in [-0.05, 0) is 37.1 Å². The zero-order chi connectivity index (χ0) is 16.6. The second-order valence-electron chi connectivity index (χ2n) is 5.23. The first kappa shape index (κ1) is 14.8. The topological polar surface area (TPSA) is 94.2 Å². The summed E-state index contributed by atoms with van der Waals surface area (Å²) in [7, 11) is 0. The minimum atomic E-state index is -0.509. The van der Waals surface area contributed by atoms with Gasteiger partial charge in [-0.1, -0.05) is 6.07 Å². The molecule has 118 valence electrons. The van der Waals surface area contributed by atoms with Gasteiger partial charge in [0, 0.05) is 6.21 Å². The quantitative estimate of drug-likeness (QED) is 0.532. The molecule has 0 radical (unpaired) electrons. The SMILES string of the molecule is Cc1cc(C)c(O)c(N=Cc2cc3c(cc2[N+](=O)[O-])OCO3)c1. The summed E-state index contributed by atoms with van der Waals surface area (Å²) in [6.07, 6.45) is 1.34. The van der Waals surface area contributed by atoms with E-state index < -0.39 is 4.92 Å². The molecule has 0 aliphatic carbocycles. The van der Waals surface area contributed by atoms with E-state index in [1.165, 1.54) is 18.3 Å². The summed E-state index contributed by atoms with van der Waals surface area (Å²) in [4.78, 5) is 14.9. The Morgan fingerprint density at radius 2 is 1.91 bits per heavy atom. The van der Waals surface area contributed by atoms with Crippen LogP contribution in [0.1, 0.15) is 16.7 Å². The summed E-state index contributed by atoms with van der Waals surface area (Å²) in [6.45, 7) is 3.68. The Hall–Kier alpha value is -3.09. The lowest BCUT2D eigenvalue weighted by atomic mass is 10.1. The molecule has 0 saturated heterocycles. The molecule has 0 fully saturated rings. The van der Waals surface area contributed by atoms with Crippen molar-refractivity contribution in [3.8, 4) is 17.2 Å². The van der Waals surface area contributed by atoms with Crippen molar-refractivity contribution >= 4 is 17.6 Å². The van der Waals surface area contributed by atoms with Crippen LogP contribution in [0.3, 0.4) is 0 Å². The van der Waals surface area contributed by atoms with Gasteiger partial charge in [0.2, 0.25) is 6.79 Å². The van der Waals surface area contributed by atoms with E-state index in [0.29, 0.717) is 22.7 Å². The van der Waals surface area contributed by atoms with Crippen molar-refractivity contribution in [2.24, 2.45) is 4.99 Å². The van der Waals surface area contributed by atoms with Gasteiger partial charge in [-0.2, -0.15) is 0 Å². The highest BCUT2D eigenvalue weighted by molar-refractivity contribution is 5.89. The molecule has 1 aliphatic heterocycles. The maximum atomic E-state index is 11.2. The van der Waals surface area contributed by atoms with Crippen LogP contribution in [0, 0.1) is 24.0 Å². The molecule has 1 N–H and O–H groups in total. The molecule has 1 aliphatic rings. The van der Waals surface area contributed by atoms with Crippen molar-refractivity contribution in [2.75, 3.05) is 6.79 Å². The van der Waals surface area contributed by atoms with E-state index in [0.717, 1.165) is 5.56 Å². The molecule has 2 aromatic rings. The zero-order valence-electron chi connectivity index (χ0n) is 12.6. The highest BCUT2D eigenvalue weighted by Crippen LogP contribution is 2.38. The van der Waals surface area contributed by atoms with Gasteiger partial charge in [0.25, 0.3) is 5.69 Å². The third kappa shape index (κ3) is 2.80. The van der Waals surface area contributed by atoms with E-state index in [2.05, 4.69) is 4.99 Å². The largest absolute Gasteiger partial charge is 0.505 e. The van der Waals surface area contributed by atoms with Gasteiger partial charge in [0.05, 0.1) is 16.6 Å². The number of hydrogen-bond acceptors (Lipinski definition) is 6. The van der Waals surface area contributed by atoms with Gasteiger partial charge in [-0.3, -0.25) is 15.1 Å². The second-order valence-corrected chi connectivity index (χ2v) is 5.23. The van der Waals surface area contributed by atoms with Gasteiger partial charge < -0.3 is 14.6 Å². The predicted molar refractivity (Wildman–Crippen MR) is 84.1 cm³/mol. The molecule has 0 atom stereocenters. The number of hydrogen-bond donors (Lipinski definition) is 1. The molecule has 0 amide bonds. The average molecular weight is 314 g/mol. The number of nitro benzene ring substituents is 1. The van der Waals surface area contributed by atoms with Crippen molar-refractivity contribution < 1.29 is 19.5 Å². The minimum Gasteiger partial charge on any atom is -0.505 e. The Labute approximate surface area is 132 Å². The monoisotopic (exact) mass is 314 g/mol. The Balaban J connectivity index is 2.04. The highest BCUT2D eigenvalue weighted by atomic mass is 16.7. The first-order valence-corrected chi connectivity index (χ1v) is 6.88. The molecule has 2 aromatic carbocycles. The van der Waals surface area contributed by atoms with Crippen molar-refractivity contribution in [1.29, 1.82) is 0 Å². The molecule has 0 bridgehead atoms. The lowest BCUT2D eigenvalue weighted by Crippen LogP contribution is -1.95. The first-order chi connectivity index (χ1) is 11.0. The number of benzene rings is 2. The number of fused-ring (bicyclic) bond motifs is 1. The number of aliphatic imine (C=N–C) groups is 1. The lowest BCUT2D eigenvalue weighted by molar-refractivity contribution is -0.385. The highest BCUT2D eigenvalue weighted by Gasteiger charge is 2.22. The fourth-order valence-corrected chi connectivity index (χ4v) is 2.38. The Morgan fingerprint density at radius 3 is 2.61 bits per heavy atom. The zero-order valence-corrected chi connectivity index (χ0v) is 12.6. The summed E-state index contributed by atoms with van der Waals surface area (Å²) >= 11 is 0. The van der Waals surface area contributed by atoms with Gasteiger partial charge in [-0.25, -0.2) is 0 Å². The Kier molecular flexibility index (Phi) is 3.61. The van der Waals surface area contributed by atoms with Crippen LogP contribution in [0.5, 0.6) is 17.2 Å². The van der Waals surface area contributed by atoms with E-state index in [1.807, 2.05) is 13.0 Å². The minimum absolute atomic E-state index is 0.0327. The molecule has 7 heteroatoms. The number of rotatable bonds is 3. The maximum Gasteiger partial charge on any atom is 0.282 e. The van der Waals surface area contributed by atoms with Crippen molar-refractivity contribution in [1.82, 2.24) is 0 Å². The van der Waals surface area contributed by atoms with Crippen LogP contribution in [0.25, 0.3) is 0 Å². The molecule has 0 saturated carbocycles. The molecule has 1 heterocycles. The summed E-state index contributed by atoms with van der Waals surface area (Å²) in [6, 6.07) is 6.35. The van der Waals surface area contributed by atoms with Crippen LogP contribution in [0.2, 0.25) is 0 Å². The van der Waals surface area contributed by atoms with E-state index >= 15 is 0 Å². The molecule has 3 rings (SSSR count). The van der Waals surface area contributed by atoms with Crippen LogP contribution >= 0.6 is 0 Å². The smallest absolute Gasteiger partial charge is 0.282 e. The van der Waals surface area contributed by atoms with Gasteiger partial charge in [-0.15, -0.1) is 0 Å². The van der Waals surface area contributed by atoms with E-state index in [4.69, 9.17) is 9.47 Å². The van der Waals surface area contributed by atoms with Gasteiger partial charge in [0.1, 0.15) is 11.4 Å². The van der Waals surface area contributed by atoms with Crippen LogP contribution in [0.4, 0.5) is 11.4 Å². The van der Waals surface area contributed by atoms with Crippen LogP contribution in [-0.2, 0) is 0 Å². The van der Waals surface area contributed by atoms with Gasteiger partial charge >= 0.3 is 0 Å². The van der Waals surface area contributed by atoms with Crippen molar-refractivity contribution in [3.63, 3.8) is 0 Å². The lowest BCUT2D eigenvalue weighted by Gasteiger charge is -2.05. The molecule has 0 aromatic heterocycles. The fourth-order valence-electron chi connectivity index (χ4n) is 2.38.